The van der Waals surface area contributed by atoms with Gasteiger partial charge in [0.1, 0.15) is 35.4 Å². The first kappa shape index (κ1) is 77.5. The van der Waals surface area contributed by atoms with Crippen LogP contribution in [0.5, 0.6) is 0 Å². The van der Waals surface area contributed by atoms with Gasteiger partial charge in [0, 0.05) is 63.0 Å². The van der Waals surface area contributed by atoms with Crippen LogP contribution in [0.1, 0.15) is 176 Å². The summed E-state index contributed by atoms with van der Waals surface area (Å²) in [6, 6.07) is 13.5. The Morgan fingerprint density at radius 3 is 1.08 bits per heavy atom. The van der Waals surface area contributed by atoms with Gasteiger partial charge in [-0.25, -0.2) is 19.2 Å². The predicted molar refractivity (Wildman–Crippen MR) is 342 cm³/mol. The van der Waals surface area contributed by atoms with Gasteiger partial charge in [-0.2, -0.15) is 0 Å². The maximum Gasteiger partial charge on any atom is 0.410 e. The number of imide groups is 1. The van der Waals surface area contributed by atoms with E-state index in [0.717, 1.165) is 11.1 Å². The minimum Gasteiger partial charge on any atom is -0.478 e. The molecule has 8 amide bonds. The molecule has 3 rings (SSSR count). The van der Waals surface area contributed by atoms with Gasteiger partial charge in [0.25, 0.3) is 11.8 Å². The lowest BCUT2D eigenvalue weighted by Crippen LogP contribution is -2.63. The van der Waals surface area contributed by atoms with Gasteiger partial charge in [0.2, 0.25) is 23.6 Å². The van der Waals surface area contributed by atoms with Gasteiger partial charge < -0.3 is 39.9 Å². The van der Waals surface area contributed by atoms with Crippen LogP contribution in [0.2, 0.25) is 0 Å². The van der Waals surface area contributed by atoms with Crippen molar-refractivity contribution in [2.75, 3.05) is 28.2 Å². The van der Waals surface area contributed by atoms with Gasteiger partial charge in [-0.15, -0.1) is 5.06 Å². The van der Waals surface area contributed by atoms with E-state index < -0.39 is 123 Å². The van der Waals surface area contributed by atoms with Crippen molar-refractivity contribution in [1.29, 1.82) is 0 Å². The highest BCUT2D eigenvalue weighted by Crippen LogP contribution is 2.35. The molecule has 0 radical (unpaired) electrons. The van der Waals surface area contributed by atoms with Gasteiger partial charge in [-0.3, -0.25) is 38.6 Å². The van der Waals surface area contributed by atoms with E-state index in [1.54, 1.807) is 67.8 Å². The van der Waals surface area contributed by atoms with Crippen LogP contribution in [0.15, 0.2) is 84.0 Å². The van der Waals surface area contributed by atoms with E-state index in [4.69, 9.17) is 14.3 Å². The van der Waals surface area contributed by atoms with Crippen molar-refractivity contribution < 1.29 is 67.4 Å². The highest BCUT2D eigenvalue weighted by Gasteiger charge is 2.48. The molecule has 0 bridgehead atoms. The highest BCUT2D eigenvalue weighted by atomic mass is 16.7. The summed E-state index contributed by atoms with van der Waals surface area (Å²) < 4.78 is 11.2. The second kappa shape index (κ2) is 30.8. The zero-order chi connectivity index (χ0) is 69.0. The normalized spacial score (nSPS) is 15.7. The topological polar surface area (TPSA) is 259 Å². The van der Waals surface area contributed by atoms with E-state index in [-0.39, 0.29) is 41.7 Å². The molecule has 0 aliphatic carbocycles. The average Bonchev–Trinajstić information content (AvgIpc) is 1.48. The van der Waals surface area contributed by atoms with Gasteiger partial charge >= 0.3 is 24.1 Å². The van der Waals surface area contributed by atoms with E-state index in [0.29, 0.717) is 5.06 Å². The van der Waals surface area contributed by atoms with Crippen molar-refractivity contribution in [3.8, 4) is 0 Å². The van der Waals surface area contributed by atoms with Crippen LogP contribution in [-0.2, 0) is 63.5 Å². The van der Waals surface area contributed by atoms with E-state index in [2.05, 4.69) is 10.6 Å². The molecule has 1 aliphatic heterocycles. The number of nitrogens with zero attached hydrogens (tertiary/aromatic N) is 5. The average molecular weight is 1240 g/mol. The van der Waals surface area contributed by atoms with Crippen LogP contribution in [-0.4, -0.2) is 165 Å². The number of carbonyl (C=O) groups excluding carboxylic acids is 9. The molecule has 0 saturated carbocycles. The van der Waals surface area contributed by atoms with Crippen molar-refractivity contribution in [2.45, 2.75) is 223 Å². The predicted octanol–water partition coefficient (Wildman–Crippen LogP) is 10.0. The number of nitrogens with one attached hydrogen (secondary N) is 2. The fourth-order valence-electron chi connectivity index (χ4n) is 10.3. The third-order valence-corrected chi connectivity index (χ3v) is 15.5. The first-order valence-corrected chi connectivity index (χ1v) is 30.3. The highest BCUT2D eigenvalue weighted by molar-refractivity contribution is 6.02. The lowest BCUT2D eigenvalue weighted by molar-refractivity contribution is -0.194. The monoisotopic (exact) mass is 1240 g/mol. The van der Waals surface area contributed by atoms with Crippen LogP contribution in [0.3, 0.4) is 0 Å². The van der Waals surface area contributed by atoms with E-state index in [1.165, 1.54) is 47.5 Å². The summed E-state index contributed by atoms with van der Waals surface area (Å²) in [6.07, 6.45) is 1.70. The van der Waals surface area contributed by atoms with Gasteiger partial charge in [0.05, 0.1) is 12.1 Å². The minimum atomic E-state index is -1.08. The summed E-state index contributed by atoms with van der Waals surface area (Å²) in [5.74, 6) is -5.25. The van der Waals surface area contributed by atoms with E-state index in [9.17, 15) is 53.1 Å². The second-order valence-electron chi connectivity index (χ2n) is 29.1. The Balaban J connectivity index is 0.000000615. The Labute approximate surface area is 529 Å². The van der Waals surface area contributed by atoms with Crippen LogP contribution in [0.25, 0.3) is 0 Å². The van der Waals surface area contributed by atoms with E-state index in [1.807, 2.05) is 158 Å². The minimum absolute atomic E-state index is 0.0302. The number of carboxylic acids is 1. The molecule has 6 atom stereocenters. The number of benzene rings is 2. The number of amides is 8. The number of ether oxygens (including phenoxy) is 2. The number of rotatable bonds is 21. The van der Waals surface area contributed by atoms with Crippen molar-refractivity contribution in [3.05, 3.63) is 95.1 Å². The van der Waals surface area contributed by atoms with Crippen LogP contribution in [0, 0.1) is 22.7 Å². The number of carbonyl (C=O) groups is 10. The molecule has 21 nitrogen and oxygen atoms in total. The molecule has 496 valence electrons. The number of carboxylic acid groups (broad SMARTS) is 1. The summed E-state index contributed by atoms with van der Waals surface area (Å²) in [7, 11) is 6.23. The molecule has 3 N–H and O–H groups in total. The number of aliphatic carboxylic acids is 1. The second-order valence-corrected chi connectivity index (χ2v) is 29.1. The fraction of sp³-hybridized carbons (Fsp3) is 0.618. The van der Waals surface area contributed by atoms with Gasteiger partial charge in [-0.05, 0) is 89.2 Å². The third-order valence-electron chi connectivity index (χ3n) is 15.5. The Hall–Kier alpha value is -7.58. The van der Waals surface area contributed by atoms with Gasteiger partial charge in [-0.1, -0.05) is 170 Å². The molecule has 0 unspecified atom stereocenters. The van der Waals surface area contributed by atoms with Crippen molar-refractivity contribution >= 4 is 59.6 Å². The maximum atomic E-state index is 14.4. The summed E-state index contributed by atoms with van der Waals surface area (Å²) in [6.45, 7) is 39.5. The van der Waals surface area contributed by atoms with Crippen LogP contribution >= 0.6 is 0 Å². The fourth-order valence-corrected chi connectivity index (χ4v) is 10.3. The quantitative estimate of drug-likeness (QED) is 0.0776. The molecular weight excluding hydrogens is 1140 g/mol. The Bertz CT molecular complexity index is 2890. The van der Waals surface area contributed by atoms with E-state index >= 15 is 0 Å². The standard InChI is InChI=1S/C36H54N4O8.C32H51N3O6/c1-22(2)25(21-23(3)32(45)48-40-26(41)19-20-27(40)42)38(12)31(44)28(34(4,5)6)37-30(43)29(39(13)33(46)47-35(7,8)9)36(10,11)24-17-15-14-16-18-24;1-20(2)23(19-21(3)28(38)39)34(12)27(37)24(30(4,5)6)33-26(36)25(35(13)29(40)41-31(7,8)9)32(10,11)22-17-15-14-16-18-22/h14-18,21-22,25,28-29H,19-20H2,1-13H3,(H,37,43);14-20,23-25H,1-13H3,(H,33,36)(H,38,39)/b23-21+;21-19+/t25-,28-,29-;23-,24-,25-/m11/s1. The Morgan fingerprint density at radius 1 is 0.506 bits per heavy atom. The maximum absolute atomic E-state index is 14.4. The first-order chi connectivity index (χ1) is 40.4. The van der Waals surface area contributed by atoms with Crippen LogP contribution in [0.4, 0.5) is 9.59 Å². The molecule has 2 aromatic carbocycles. The molecule has 89 heavy (non-hydrogen) atoms. The van der Waals surface area contributed by atoms with Crippen LogP contribution < -0.4 is 10.6 Å². The molecule has 1 aliphatic rings. The number of hydrogen-bond donors (Lipinski definition) is 3. The molecular formula is C68H105N7O14. The third kappa shape index (κ3) is 21.6. The molecule has 21 heteroatoms. The number of likely N-dealkylation sites (N-methyl/N-ethyl adjacent to an activating group) is 4. The number of hydrogen-bond acceptors (Lipinski definition) is 13. The largest absolute Gasteiger partial charge is 0.478 e. The van der Waals surface area contributed by atoms with Crippen molar-refractivity contribution in [1.82, 2.24) is 35.3 Å². The van der Waals surface area contributed by atoms with Crippen molar-refractivity contribution in [2.24, 2.45) is 22.7 Å². The lowest BCUT2D eigenvalue weighted by Gasteiger charge is -2.42. The van der Waals surface area contributed by atoms with Gasteiger partial charge in [0.15, 0.2) is 0 Å². The van der Waals surface area contributed by atoms with Crippen molar-refractivity contribution in [3.63, 3.8) is 0 Å². The number of hydroxylamine groups is 2. The molecule has 1 fully saturated rings. The molecule has 1 heterocycles. The zero-order valence-electron chi connectivity index (χ0n) is 58.0. The first-order valence-electron chi connectivity index (χ1n) is 30.3. The summed E-state index contributed by atoms with van der Waals surface area (Å²) in [4.78, 5) is 142. The summed E-state index contributed by atoms with van der Waals surface area (Å²) >= 11 is 0. The molecule has 2 aromatic rings. The Kier molecular flexibility index (Phi) is 26.8. The molecule has 1 saturated heterocycles. The summed E-state index contributed by atoms with van der Waals surface area (Å²) in [5, 5.41) is 15.8. The SMILES string of the molecule is C/C(=C\[C@H](C(C)C)N(C)C(=O)[C@@H](NC(=O)[C@@H](N(C)C(=O)OC(C)(C)C)C(C)(C)c1ccccc1)C(C)(C)C)C(=O)O.C/C(=C\[C@H](C(C)C)N(C)C(=O)[C@@H](NC(=O)[C@@H](N(C)C(=O)OC(C)(C)C)C(C)(C)c1ccccc1)C(C)(C)C)C(=O)ON1C(=O)CCC1=O. The lowest BCUT2D eigenvalue weighted by atomic mass is 9.76. The summed E-state index contributed by atoms with van der Waals surface area (Å²) in [5.41, 5.74) is -2.97. The Morgan fingerprint density at radius 2 is 0.809 bits per heavy atom. The molecule has 0 spiro atoms. The zero-order valence-corrected chi connectivity index (χ0v) is 58.0. The molecule has 0 aromatic heterocycles. The smallest absolute Gasteiger partial charge is 0.410 e.